The molecule has 0 bridgehead atoms. The zero-order valence-corrected chi connectivity index (χ0v) is 24.8. The van der Waals surface area contributed by atoms with Crippen molar-refractivity contribution in [1.82, 2.24) is 19.9 Å². The van der Waals surface area contributed by atoms with Gasteiger partial charge in [-0.05, 0) is 58.4 Å². The molecule has 1 saturated heterocycles. The number of halogens is 1. The average molecular weight is 574 g/mol. The third-order valence-electron chi connectivity index (χ3n) is 6.81. The van der Waals surface area contributed by atoms with Crippen molar-refractivity contribution < 1.29 is 13.2 Å². The van der Waals surface area contributed by atoms with Gasteiger partial charge in [-0.2, -0.15) is 4.98 Å². The molecule has 0 unspecified atom stereocenters. The maximum absolute atomic E-state index is 12.8. The fourth-order valence-corrected chi connectivity index (χ4v) is 5.68. The Morgan fingerprint density at radius 2 is 1.74 bits per heavy atom. The van der Waals surface area contributed by atoms with Crippen molar-refractivity contribution in [3.05, 3.63) is 47.2 Å². The van der Waals surface area contributed by atoms with Gasteiger partial charge in [-0.25, -0.2) is 18.4 Å². The molecule has 10 nitrogen and oxygen atoms in total. The molecule has 39 heavy (non-hydrogen) atoms. The van der Waals surface area contributed by atoms with Gasteiger partial charge in [0.1, 0.15) is 10.8 Å². The number of sulfone groups is 1. The summed E-state index contributed by atoms with van der Waals surface area (Å²) in [5.41, 5.74) is 3.23. The van der Waals surface area contributed by atoms with E-state index in [-0.39, 0.29) is 27.5 Å². The molecule has 2 N–H and O–H groups in total. The fourth-order valence-electron chi connectivity index (χ4n) is 4.46. The van der Waals surface area contributed by atoms with E-state index in [0.29, 0.717) is 17.5 Å². The second-order valence-corrected chi connectivity index (χ2v) is 12.9. The SMILES string of the molecule is COc1cc(N2CCN(C(C)C)CC2)c(C)cc1Nc1ncc(Cl)c(Nc2cccnc2S(=O)(=O)C(C)C)n1. The van der Waals surface area contributed by atoms with Gasteiger partial charge in [0.05, 0.1) is 29.9 Å². The monoisotopic (exact) mass is 573 g/mol. The van der Waals surface area contributed by atoms with Crippen molar-refractivity contribution in [3.63, 3.8) is 0 Å². The van der Waals surface area contributed by atoms with E-state index in [4.69, 9.17) is 16.3 Å². The minimum absolute atomic E-state index is 0.0636. The second kappa shape index (κ2) is 11.9. The summed E-state index contributed by atoms with van der Waals surface area (Å²) in [4.78, 5) is 17.8. The van der Waals surface area contributed by atoms with E-state index in [9.17, 15) is 8.42 Å². The molecule has 3 heterocycles. The number of anilines is 5. The summed E-state index contributed by atoms with van der Waals surface area (Å²) in [6, 6.07) is 7.87. The van der Waals surface area contributed by atoms with Crippen LogP contribution in [0, 0.1) is 6.92 Å². The van der Waals surface area contributed by atoms with Crippen LogP contribution in [0.15, 0.2) is 41.7 Å². The lowest BCUT2D eigenvalue weighted by Gasteiger charge is -2.38. The van der Waals surface area contributed by atoms with Gasteiger partial charge in [-0.1, -0.05) is 11.6 Å². The first-order chi connectivity index (χ1) is 18.5. The molecule has 0 radical (unpaired) electrons. The quantitative estimate of drug-likeness (QED) is 0.361. The minimum Gasteiger partial charge on any atom is -0.494 e. The van der Waals surface area contributed by atoms with E-state index in [0.717, 1.165) is 37.4 Å². The topological polar surface area (TPSA) is 113 Å². The summed E-state index contributed by atoms with van der Waals surface area (Å²) in [5, 5.41) is 5.79. The highest BCUT2D eigenvalue weighted by atomic mass is 35.5. The molecule has 1 aliphatic rings. The van der Waals surface area contributed by atoms with Crippen molar-refractivity contribution in [2.24, 2.45) is 0 Å². The molecular formula is C27H36ClN7O3S. The Balaban J connectivity index is 1.59. The van der Waals surface area contributed by atoms with Crippen LogP contribution in [0.25, 0.3) is 0 Å². The molecule has 1 fully saturated rings. The largest absolute Gasteiger partial charge is 0.494 e. The molecule has 1 aromatic carbocycles. The van der Waals surface area contributed by atoms with Gasteiger partial charge in [0, 0.05) is 50.2 Å². The first-order valence-electron chi connectivity index (χ1n) is 12.9. The van der Waals surface area contributed by atoms with Gasteiger partial charge in [0.15, 0.2) is 20.7 Å². The van der Waals surface area contributed by atoms with Crippen molar-refractivity contribution in [2.75, 3.05) is 48.8 Å². The van der Waals surface area contributed by atoms with Crippen molar-refractivity contribution >= 4 is 50.3 Å². The van der Waals surface area contributed by atoms with Gasteiger partial charge in [-0.3, -0.25) is 4.90 Å². The Labute approximate surface area is 235 Å². The number of hydrogen-bond donors (Lipinski definition) is 2. The molecule has 0 aliphatic carbocycles. The van der Waals surface area contributed by atoms with Crippen LogP contribution in [0.2, 0.25) is 5.02 Å². The highest BCUT2D eigenvalue weighted by Crippen LogP contribution is 2.36. The first kappa shape index (κ1) is 28.8. The van der Waals surface area contributed by atoms with Crippen molar-refractivity contribution in [3.8, 4) is 5.75 Å². The van der Waals surface area contributed by atoms with E-state index >= 15 is 0 Å². The average Bonchev–Trinajstić information content (AvgIpc) is 2.91. The highest BCUT2D eigenvalue weighted by molar-refractivity contribution is 7.92. The molecule has 2 aromatic heterocycles. The van der Waals surface area contributed by atoms with Gasteiger partial charge >= 0.3 is 0 Å². The number of aryl methyl sites for hydroxylation is 1. The van der Waals surface area contributed by atoms with E-state index < -0.39 is 15.1 Å². The lowest BCUT2D eigenvalue weighted by molar-refractivity contribution is 0.209. The summed E-state index contributed by atoms with van der Waals surface area (Å²) in [5.74, 6) is 1.18. The molecule has 0 atom stereocenters. The van der Waals surface area contributed by atoms with Crippen LogP contribution in [0.3, 0.4) is 0 Å². The van der Waals surface area contributed by atoms with Gasteiger partial charge in [0.2, 0.25) is 5.95 Å². The second-order valence-electron chi connectivity index (χ2n) is 10.0. The number of ether oxygens (including phenoxy) is 1. The van der Waals surface area contributed by atoms with Crippen LogP contribution in [0.1, 0.15) is 33.3 Å². The normalized spacial score (nSPS) is 14.6. The third-order valence-corrected chi connectivity index (χ3v) is 9.19. The van der Waals surface area contributed by atoms with E-state index in [1.165, 1.54) is 12.4 Å². The van der Waals surface area contributed by atoms with E-state index in [2.05, 4.69) is 56.2 Å². The minimum atomic E-state index is -3.63. The van der Waals surface area contributed by atoms with Crippen LogP contribution in [-0.2, 0) is 9.84 Å². The fraction of sp³-hybridized carbons (Fsp3) is 0.444. The van der Waals surface area contributed by atoms with Crippen LogP contribution < -0.4 is 20.3 Å². The van der Waals surface area contributed by atoms with Crippen molar-refractivity contribution in [2.45, 2.75) is 50.9 Å². The number of methoxy groups -OCH3 is 1. The zero-order valence-electron chi connectivity index (χ0n) is 23.2. The molecule has 0 amide bonds. The van der Waals surface area contributed by atoms with Gasteiger partial charge in [-0.15, -0.1) is 0 Å². The van der Waals surface area contributed by atoms with Crippen molar-refractivity contribution in [1.29, 1.82) is 0 Å². The molecule has 12 heteroatoms. The number of aromatic nitrogens is 3. The summed E-state index contributed by atoms with van der Waals surface area (Å²) in [6.07, 6.45) is 2.89. The lowest BCUT2D eigenvalue weighted by Crippen LogP contribution is -2.49. The number of nitrogens with one attached hydrogen (secondary N) is 2. The number of rotatable bonds is 9. The van der Waals surface area contributed by atoms with E-state index in [1.54, 1.807) is 33.1 Å². The first-order valence-corrected chi connectivity index (χ1v) is 14.9. The van der Waals surface area contributed by atoms with Gasteiger partial charge in [0.25, 0.3) is 0 Å². The number of nitrogens with zero attached hydrogens (tertiary/aromatic N) is 5. The Morgan fingerprint density at radius 1 is 1.03 bits per heavy atom. The molecule has 210 valence electrons. The molecule has 3 aromatic rings. The summed E-state index contributed by atoms with van der Waals surface area (Å²) < 4.78 is 31.4. The highest BCUT2D eigenvalue weighted by Gasteiger charge is 2.25. The number of benzene rings is 1. The van der Waals surface area contributed by atoms with Crippen LogP contribution in [-0.4, -0.2) is 72.9 Å². The van der Waals surface area contributed by atoms with Crippen LogP contribution in [0.5, 0.6) is 5.75 Å². The summed E-state index contributed by atoms with van der Waals surface area (Å²) in [6.45, 7) is 13.7. The molecule has 4 rings (SSSR count). The molecule has 0 saturated carbocycles. The number of hydrogen-bond acceptors (Lipinski definition) is 10. The third kappa shape index (κ3) is 6.37. The molecule has 0 spiro atoms. The maximum atomic E-state index is 12.8. The van der Waals surface area contributed by atoms with Crippen LogP contribution in [0.4, 0.5) is 28.8 Å². The summed E-state index contributed by atoms with van der Waals surface area (Å²) >= 11 is 6.38. The smallest absolute Gasteiger partial charge is 0.229 e. The Morgan fingerprint density at radius 3 is 2.38 bits per heavy atom. The lowest BCUT2D eigenvalue weighted by atomic mass is 10.1. The predicted molar refractivity (Wildman–Crippen MR) is 157 cm³/mol. The standard InChI is InChI=1S/C27H36ClN7O3S/c1-17(2)34-10-12-35(13-11-34)23-15-24(38-6)22(14-19(23)5)32-27-30-16-20(28)25(33-27)31-21-8-7-9-29-26(21)39(36,37)18(3)4/h7-9,14-18H,10-13H2,1-6H3,(H2,30,31,32,33). The van der Waals surface area contributed by atoms with E-state index in [1.807, 2.05) is 12.1 Å². The van der Waals surface area contributed by atoms with Gasteiger partial charge < -0.3 is 20.3 Å². The predicted octanol–water partition coefficient (Wildman–Crippen LogP) is 5.04. The van der Waals surface area contributed by atoms with Crippen LogP contribution >= 0.6 is 11.6 Å². The maximum Gasteiger partial charge on any atom is 0.229 e. The summed E-state index contributed by atoms with van der Waals surface area (Å²) in [7, 11) is -2.00. The zero-order chi connectivity index (χ0) is 28.3. The molecular weight excluding hydrogens is 538 g/mol. The number of pyridine rings is 1. The Bertz CT molecular complexity index is 1420. The number of piperazine rings is 1. The Hall–Kier alpha value is -3.15. The molecule has 1 aliphatic heterocycles. The Kier molecular flexibility index (Phi) is 8.83.